The first-order valence-electron chi connectivity index (χ1n) is 7.41. The fourth-order valence-electron chi connectivity index (χ4n) is 3.62. The van der Waals surface area contributed by atoms with E-state index in [2.05, 4.69) is 48.0 Å². The maximum absolute atomic E-state index is 6.34. The van der Waals surface area contributed by atoms with Crippen LogP contribution in [0, 0.1) is 5.41 Å². The molecule has 0 bridgehead atoms. The summed E-state index contributed by atoms with van der Waals surface area (Å²) in [5.41, 5.74) is 9.34. The fourth-order valence-corrected chi connectivity index (χ4v) is 3.62. The minimum Gasteiger partial charge on any atom is -0.371 e. The molecule has 0 radical (unpaired) electrons. The number of para-hydroxylation sites is 2. The van der Waals surface area contributed by atoms with Crippen LogP contribution in [0.2, 0.25) is 0 Å². The molecule has 0 aromatic heterocycles. The van der Waals surface area contributed by atoms with Crippen molar-refractivity contribution in [3.05, 3.63) is 24.3 Å². The van der Waals surface area contributed by atoms with Gasteiger partial charge in [0.25, 0.3) is 0 Å². The summed E-state index contributed by atoms with van der Waals surface area (Å²) in [4.78, 5) is 4.89. The van der Waals surface area contributed by atoms with Crippen molar-refractivity contribution in [2.45, 2.75) is 32.2 Å². The van der Waals surface area contributed by atoms with E-state index < -0.39 is 0 Å². The summed E-state index contributed by atoms with van der Waals surface area (Å²) >= 11 is 0. The number of anilines is 2. The highest BCUT2D eigenvalue weighted by Gasteiger charge is 2.38. The molecule has 2 atom stereocenters. The summed E-state index contributed by atoms with van der Waals surface area (Å²) in [6.07, 6.45) is 3.74. The fraction of sp³-hybridized carbons (Fsp3) is 0.625. The summed E-state index contributed by atoms with van der Waals surface area (Å²) in [6, 6.07) is 9.09. The Morgan fingerprint density at radius 1 is 1.26 bits per heavy atom. The number of rotatable bonds is 2. The van der Waals surface area contributed by atoms with Crippen molar-refractivity contribution in [2.75, 3.05) is 36.5 Å². The number of hydrogen-bond donors (Lipinski definition) is 1. The van der Waals surface area contributed by atoms with Gasteiger partial charge in [0.2, 0.25) is 0 Å². The zero-order chi connectivity index (χ0) is 13.5. The van der Waals surface area contributed by atoms with Gasteiger partial charge in [0.1, 0.15) is 0 Å². The lowest BCUT2D eigenvalue weighted by molar-refractivity contribution is 0.296. The summed E-state index contributed by atoms with van der Waals surface area (Å²) in [5.74, 6) is 0. The first-order chi connectivity index (χ1) is 9.10. The van der Waals surface area contributed by atoms with Gasteiger partial charge in [0.15, 0.2) is 0 Å². The lowest BCUT2D eigenvalue weighted by atomic mass is 9.84. The molecule has 104 valence electrons. The predicted molar refractivity (Wildman–Crippen MR) is 81.9 cm³/mol. The van der Waals surface area contributed by atoms with Crippen LogP contribution >= 0.6 is 0 Å². The van der Waals surface area contributed by atoms with E-state index in [1.807, 2.05) is 0 Å². The molecule has 3 rings (SSSR count). The molecule has 1 aromatic rings. The van der Waals surface area contributed by atoms with Crippen LogP contribution in [0.1, 0.15) is 26.2 Å². The van der Waals surface area contributed by atoms with E-state index in [4.69, 9.17) is 5.73 Å². The summed E-state index contributed by atoms with van der Waals surface area (Å²) in [6.45, 7) is 5.67. The Morgan fingerprint density at radius 2 is 2.00 bits per heavy atom. The van der Waals surface area contributed by atoms with Crippen molar-refractivity contribution >= 4 is 11.4 Å². The van der Waals surface area contributed by atoms with Crippen LogP contribution < -0.4 is 15.5 Å². The average Bonchev–Trinajstić information content (AvgIpc) is 2.74. The van der Waals surface area contributed by atoms with Crippen molar-refractivity contribution < 1.29 is 0 Å². The van der Waals surface area contributed by atoms with Gasteiger partial charge < -0.3 is 15.5 Å². The van der Waals surface area contributed by atoms with Gasteiger partial charge in [-0.2, -0.15) is 0 Å². The first-order valence-corrected chi connectivity index (χ1v) is 7.41. The summed E-state index contributed by atoms with van der Waals surface area (Å²) in [7, 11) is 2.18. The maximum atomic E-state index is 6.34. The maximum Gasteiger partial charge on any atom is 0.0604 e. The molecule has 1 aliphatic heterocycles. The molecular weight excluding hydrogens is 234 g/mol. The van der Waals surface area contributed by atoms with Crippen molar-refractivity contribution in [2.24, 2.45) is 11.1 Å². The molecular formula is C16H25N3. The van der Waals surface area contributed by atoms with Gasteiger partial charge in [0.05, 0.1) is 11.4 Å². The van der Waals surface area contributed by atoms with E-state index in [1.165, 1.54) is 30.6 Å². The van der Waals surface area contributed by atoms with Crippen LogP contribution in [0.5, 0.6) is 0 Å². The predicted octanol–water partition coefficient (Wildman–Crippen LogP) is 2.46. The third-order valence-corrected chi connectivity index (χ3v) is 5.05. The molecule has 3 heteroatoms. The summed E-state index contributed by atoms with van der Waals surface area (Å²) in [5, 5.41) is 0. The molecule has 0 saturated heterocycles. The van der Waals surface area contributed by atoms with Crippen LogP contribution in [0.15, 0.2) is 24.3 Å². The second kappa shape index (κ2) is 4.71. The second-order valence-electron chi connectivity index (χ2n) is 6.48. The minimum atomic E-state index is 0.281. The number of nitrogens with zero attached hydrogens (tertiary/aromatic N) is 2. The second-order valence-corrected chi connectivity index (χ2v) is 6.48. The van der Waals surface area contributed by atoms with Crippen molar-refractivity contribution in [1.82, 2.24) is 0 Å². The van der Waals surface area contributed by atoms with E-state index in [-0.39, 0.29) is 5.41 Å². The molecule has 2 aliphatic rings. The van der Waals surface area contributed by atoms with Gasteiger partial charge in [0, 0.05) is 38.1 Å². The minimum absolute atomic E-state index is 0.281. The Bertz CT molecular complexity index is 459. The normalized spacial score (nSPS) is 30.6. The van der Waals surface area contributed by atoms with E-state index in [9.17, 15) is 0 Å². The van der Waals surface area contributed by atoms with Gasteiger partial charge in [-0.05, 0) is 25.0 Å². The van der Waals surface area contributed by atoms with Crippen LogP contribution in [0.25, 0.3) is 0 Å². The molecule has 1 saturated carbocycles. The molecule has 2 N–H and O–H groups in total. The molecule has 0 amide bonds. The number of fused-ring (bicyclic) bond motifs is 1. The molecule has 1 aliphatic carbocycles. The number of likely N-dealkylation sites (N-methyl/N-ethyl adjacent to an activating group) is 1. The van der Waals surface area contributed by atoms with Gasteiger partial charge in [-0.25, -0.2) is 0 Å². The van der Waals surface area contributed by atoms with Crippen LogP contribution in [-0.2, 0) is 0 Å². The SMILES string of the molecule is CN1CCN(CC2(C)CCCC2N)c2ccccc21. The highest BCUT2D eigenvalue weighted by Crippen LogP contribution is 2.40. The molecule has 3 nitrogen and oxygen atoms in total. The Hall–Kier alpha value is -1.22. The lowest BCUT2D eigenvalue weighted by Gasteiger charge is -2.42. The van der Waals surface area contributed by atoms with Crippen molar-refractivity contribution in [1.29, 1.82) is 0 Å². The van der Waals surface area contributed by atoms with E-state index in [0.717, 1.165) is 19.6 Å². The molecule has 19 heavy (non-hydrogen) atoms. The number of hydrogen-bond acceptors (Lipinski definition) is 3. The van der Waals surface area contributed by atoms with Crippen molar-refractivity contribution in [3.8, 4) is 0 Å². The molecule has 1 heterocycles. The topological polar surface area (TPSA) is 32.5 Å². The van der Waals surface area contributed by atoms with Crippen molar-refractivity contribution in [3.63, 3.8) is 0 Å². The Kier molecular flexibility index (Phi) is 3.17. The third-order valence-electron chi connectivity index (χ3n) is 5.05. The van der Waals surface area contributed by atoms with E-state index in [0.29, 0.717) is 6.04 Å². The van der Waals surface area contributed by atoms with Crippen LogP contribution in [-0.4, -0.2) is 32.7 Å². The number of benzene rings is 1. The smallest absolute Gasteiger partial charge is 0.0604 e. The summed E-state index contributed by atoms with van der Waals surface area (Å²) < 4.78 is 0. The number of nitrogens with two attached hydrogens (primary N) is 1. The van der Waals surface area contributed by atoms with Gasteiger partial charge in [-0.1, -0.05) is 25.5 Å². The lowest BCUT2D eigenvalue weighted by Crippen LogP contribution is -2.48. The van der Waals surface area contributed by atoms with E-state index in [1.54, 1.807) is 0 Å². The molecule has 1 aromatic carbocycles. The van der Waals surface area contributed by atoms with Gasteiger partial charge >= 0.3 is 0 Å². The van der Waals surface area contributed by atoms with Gasteiger partial charge in [-0.3, -0.25) is 0 Å². The monoisotopic (exact) mass is 259 g/mol. The van der Waals surface area contributed by atoms with Crippen LogP contribution in [0.4, 0.5) is 11.4 Å². The highest BCUT2D eigenvalue weighted by molar-refractivity contribution is 5.73. The van der Waals surface area contributed by atoms with Gasteiger partial charge in [-0.15, -0.1) is 0 Å². The molecule has 0 spiro atoms. The average molecular weight is 259 g/mol. The van der Waals surface area contributed by atoms with E-state index >= 15 is 0 Å². The Labute approximate surface area is 116 Å². The zero-order valence-corrected chi connectivity index (χ0v) is 12.1. The molecule has 1 fully saturated rings. The standard InChI is InChI=1S/C16H25N3/c1-16(9-5-8-15(16)17)12-19-11-10-18(2)13-6-3-4-7-14(13)19/h3-4,6-7,15H,5,8-12,17H2,1-2H3. The van der Waals surface area contributed by atoms with Crippen LogP contribution in [0.3, 0.4) is 0 Å². The Balaban J connectivity index is 1.85. The first kappa shape index (κ1) is 12.8. The third kappa shape index (κ3) is 2.20. The molecule has 2 unspecified atom stereocenters. The Morgan fingerprint density at radius 3 is 2.68 bits per heavy atom. The highest BCUT2D eigenvalue weighted by atomic mass is 15.3. The largest absolute Gasteiger partial charge is 0.371 e. The zero-order valence-electron chi connectivity index (χ0n) is 12.1. The quantitative estimate of drug-likeness (QED) is 0.885.